The average Bonchev–Trinajstić information content (AvgIpc) is 1.84. The van der Waals surface area contributed by atoms with Gasteiger partial charge in [0.25, 0.3) is 0 Å². The monoisotopic (exact) mass is 343 g/mol. The van der Waals surface area contributed by atoms with E-state index >= 15 is 0 Å². The molecule has 0 amide bonds. The maximum absolute atomic E-state index is 10.2. The van der Waals surface area contributed by atoms with Crippen molar-refractivity contribution >= 4 is 32.2 Å². The number of hydrogen-bond donors (Lipinski definition) is 2. The van der Waals surface area contributed by atoms with Crippen LogP contribution in [0.1, 0.15) is 20.3 Å². The predicted octanol–water partition coefficient (Wildman–Crippen LogP) is -0.740. The molecule has 0 fully saturated rings. The van der Waals surface area contributed by atoms with Gasteiger partial charge in [-0.3, -0.25) is 4.79 Å². The van der Waals surface area contributed by atoms with Crippen molar-refractivity contribution in [3.8, 4) is 0 Å². The summed E-state index contributed by atoms with van der Waals surface area (Å²) in [4.78, 5) is 10.2. The number of rotatable bonds is 3. The van der Waals surface area contributed by atoms with Gasteiger partial charge < -0.3 is 10.8 Å². The Balaban J connectivity index is 0. The third kappa shape index (κ3) is 4.18. The van der Waals surface area contributed by atoms with E-state index in [1.807, 2.05) is 13.8 Å². The van der Waals surface area contributed by atoms with Crippen LogP contribution in [0.4, 0.5) is 0 Å². The first-order valence-corrected chi connectivity index (χ1v) is 3.08. The van der Waals surface area contributed by atoms with Gasteiger partial charge in [0.05, 0.1) is 0 Å². The van der Waals surface area contributed by atoms with E-state index in [0.29, 0.717) is 0 Å². The Morgan fingerprint density at radius 2 is 2.10 bits per heavy atom. The molecule has 3 N–H and O–H groups in total. The van der Waals surface area contributed by atoms with Crippen molar-refractivity contribution in [1.29, 1.82) is 0 Å². The average molecular weight is 343 g/mol. The summed E-state index contributed by atoms with van der Waals surface area (Å²) in [7, 11) is 0. The first-order valence-electron chi connectivity index (χ1n) is 3.08. The zero-order valence-electron chi connectivity index (χ0n) is 6.50. The van der Waals surface area contributed by atoms with Crippen molar-refractivity contribution in [3.05, 3.63) is 0 Å². The number of nitrogens with two attached hydrogens (primary N) is 1. The number of carbonyl (C=O) groups is 1. The number of carboxylic acid groups (broad SMARTS) is 1. The van der Waals surface area contributed by atoms with E-state index in [0.717, 1.165) is 6.42 Å². The molecule has 0 aromatic carbocycles. The summed E-state index contributed by atoms with van der Waals surface area (Å²) in [5.41, 5.74) is 5.27. The van der Waals surface area contributed by atoms with Gasteiger partial charge in [-0.25, -0.2) is 0 Å². The topological polar surface area (TPSA) is 63.3 Å². The molecule has 3 nitrogen and oxygen atoms in total. The van der Waals surface area contributed by atoms with Gasteiger partial charge in [-0.05, 0) is 5.92 Å². The molecule has 0 aromatic heterocycles. The predicted molar refractivity (Wildman–Crippen MR) is 45.0 cm³/mol. The van der Waals surface area contributed by atoms with Crippen LogP contribution in [-0.4, -0.2) is 43.3 Å². The van der Waals surface area contributed by atoms with E-state index in [2.05, 4.69) is 0 Å². The van der Waals surface area contributed by atoms with Gasteiger partial charge in [0.1, 0.15) is 6.04 Å². The number of aliphatic carboxylic acids is 1. The number of hydrogen-bond acceptors (Lipinski definition) is 2. The molecule has 0 heterocycles. The first-order chi connectivity index (χ1) is 4.09. The molecule has 0 rings (SSSR count). The normalized spacial score (nSPS) is 15.1. The van der Waals surface area contributed by atoms with Crippen LogP contribution in [0.25, 0.3) is 0 Å². The van der Waals surface area contributed by atoms with Gasteiger partial charge in [0, 0.05) is 0 Å². The summed E-state index contributed by atoms with van der Waals surface area (Å²) in [5.74, 6) is -0.841. The standard InChI is InChI=1S/C6H13NO2.Bi.3H/c1-3-4(2)5(7)6(8)9;;;;/h4-5H,3,7H2,1-2H3,(H,8,9);;;;/t4-,5-;;;;/m0..../s1. The van der Waals surface area contributed by atoms with Crippen LogP contribution in [0.2, 0.25) is 0 Å². The second kappa shape index (κ2) is 6.05. The van der Waals surface area contributed by atoms with E-state index in [4.69, 9.17) is 10.8 Å². The number of carboxylic acids is 1. The van der Waals surface area contributed by atoms with Crippen molar-refractivity contribution in [2.24, 2.45) is 11.7 Å². The van der Waals surface area contributed by atoms with Crippen LogP contribution in [0.3, 0.4) is 0 Å². The molecule has 4 heteroatoms. The van der Waals surface area contributed by atoms with E-state index in [1.165, 1.54) is 0 Å². The Morgan fingerprint density at radius 1 is 1.70 bits per heavy atom. The molecule has 0 saturated heterocycles. The van der Waals surface area contributed by atoms with Crippen molar-refractivity contribution in [2.45, 2.75) is 26.3 Å². The molecule has 0 aliphatic heterocycles. The van der Waals surface area contributed by atoms with Gasteiger partial charge >= 0.3 is 32.2 Å². The fraction of sp³-hybridized carbons (Fsp3) is 0.833. The van der Waals surface area contributed by atoms with Gasteiger partial charge in [-0.15, -0.1) is 0 Å². The SMILES string of the molecule is CC[C@H](C)[C@H](N)C(=O)O.[BiH3]. The summed E-state index contributed by atoms with van der Waals surface area (Å²) >= 11 is 0. The maximum atomic E-state index is 10.2. The third-order valence-electron chi connectivity index (χ3n) is 1.54. The molecule has 2 atom stereocenters. The summed E-state index contributed by atoms with van der Waals surface area (Å²) in [6.45, 7) is 3.76. The van der Waals surface area contributed by atoms with Crippen LogP contribution >= 0.6 is 0 Å². The van der Waals surface area contributed by atoms with Gasteiger partial charge in [0.2, 0.25) is 0 Å². The molecular formula is C6H16BiNO2. The second-order valence-electron chi connectivity index (χ2n) is 2.25. The van der Waals surface area contributed by atoms with E-state index in [-0.39, 0.29) is 32.1 Å². The minimum absolute atomic E-state index is 0. The third-order valence-corrected chi connectivity index (χ3v) is 1.54. The summed E-state index contributed by atoms with van der Waals surface area (Å²) in [5, 5.41) is 8.36. The van der Waals surface area contributed by atoms with Crippen LogP contribution in [0.15, 0.2) is 0 Å². The molecule has 0 aromatic rings. The van der Waals surface area contributed by atoms with E-state index in [9.17, 15) is 4.79 Å². The Kier molecular flexibility index (Phi) is 7.83. The first kappa shape index (κ1) is 12.9. The van der Waals surface area contributed by atoms with Gasteiger partial charge in [0.15, 0.2) is 0 Å². The molecule has 0 saturated carbocycles. The van der Waals surface area contributed by atoms with Crippen LogP contribution < -0.4 is 5.73 Å². The fourth-order valence-electron chi connectivity index (χ4n) is 0.497. The minimum atomic E-state index is -0.913. The Bertz CT molecular complexity index is 108. The van der Waals surface area contributed by atoms with Crippen molar-refractivity contribution in [2.75, 3.05) is 0 Å². The molecule has 0 unspecified atom stereocenters. The summed E-state index contributed by atoms with van der Waals surface area (Å²) in [6.07, 6.45) is 0.813. The fourth-order valence-corrected chi connectivity index (χ4v) is 0.497. The molecule has 0 aliphatic carbocycles. The Morgan fingerprint density at radius 3 is 2.20 bits per heavy atom. The van der Waals surface area contributed by atoms with Crippen molar-refractivity contribution < 1.29 is 9.90 Å². The molecule has 62 valence electrons. The molecule has 0 radical (unpaired) electrons. The molecule has 10 heavy (non-hydrogen) atoms. The molecule has 0 aliphatic rings. The van der Waals surface area contributed by atoms with Crippen molar-refractivity contribution in [1.82, 2.24) is 0 Å². The van der Waals surface area contributed by atoms with Crippen LogP contribution in [0.5, 0.6) is 0 Å². The van der Waals surface area contributed by atoms with Gasteiger partial charge in [-0.2, -0.15) is 0 Å². The van der Waals surface area contributed by atoms with Gasteiger partial charge in [-0.1, -0.05) is 20.3 Å². The summed E-state index contributed by atoms with van der Waals surface area (Å²) in [6, 6.07) is -0.699. The van der Waals surface area contributed by atoms with Crippen LogP contribution in [-0.2, 0) is 4.79 Å². The zero-order valence-corrected chi connectivity index (χ0v) is 12.0. The van der Waals surface area contributed by atoms with E-state index in [1.54, 1.807) is 0 Å². The van der Waals surface area contributed by atoms with Crippen LogP contribution in [0, 0.1) is 5.92 Å². The zero-order chi connectivity index (χ0) is 7.44. The molecular weight excluding hydrogens is 327 g/mol. The van der Waals surface area contributed by atoms with Crippen molar-refractivity contribution in [3.63, 3.8) is 0 Å². The Hall–Kier alpha value is 0.313. The second-order valence-corrected chi connectivity index (χ2v) is 2.25. The summed E-state index contributed by atoms with van der Waals surface area (Å²) < 4.78 is 0. The molecule has 0 bridgehead atoms. The van der Waals surface area contributed by atoms with E-state index < -0.39 is 12.0 Å². The quantitative estimate of drug-likeness (QED) is 0.664. The molecule has 0 spiro atoms. The Labute approximate surface area is 80.1 Å².